The highest BCUT2D eigenvalue weighted by Crippen LogP contribution is 2.28. The zero-order valence-electron chi connectivity index (χ0n) is 10.0. The zero-order chi connectivity index (χ0) is 12.6. The lowest BCUT2D eigenvalue weighted by molar-refractivity contribution is -0.120. The van der Waals surface area contributed by atoms with Crippen molar-refractivity contribution >= 4 is 29.0 Å². The number of rotatable bonds is 1. The van der Waals surface area contributed by atoms with E-state index in [4.69, 9.17) is 11.6 Å². The summed E-state index contributed by atoms with van der Waals surface area (Å²) in [6.45, 7) is 6.40. The maximum atomic E-state index is 12.0. The Morgan fingerprint density at radius 2 is 2.12 bits per heavy atom. The number of fused-ring (bicyclic) bond motifs is 1. The van der Waals surface area contributed by atoms with Crippen LogP contribution in [-0.2, 0) is 4.79 Å². The molecule has 2 heterocycles. The molecule has 0 spiro atoms. The fraction of sp³-hybridized carbons (Fsp3) is 0.545. The van der Waals surface area contributed by atoms with E-state index in [2.05, 4.69) is 20.6 Å². The van der Waals surface area contributed by atoms with Crippen molar-refractivity contribution in [3.8, 4) is 0 Å². The minimum Gasteiger partial charge on any atom is -0.367 e. The summed E-state index contributed by atoms with van der Waals surface area (Å²) in [5, 5.41) is 6.20. The molecule has 1 aliphatic heterocycles. The van der Waals surface area contributed by atoms with Gasteiger partial charge in [-0.05, 0) is 24.4 Å². The highest BCUT2D eigenvalue weighted by Gasteiger charge is 2.27. The number of nitrogens with zero attached hydrogens (tertiary/aromatic N) is 2. The molecular formula is C11H15ClN4O. The third-order valence-corrected chi connectivity index (χ3v) is 3.11. The number of anilines is 2. The van der Waals surface area contributed by atoms with Gasteiger partial charge in [-0.25, -0.2) is 4.98 Å². The molecular weight excluding hydrogens is 240 g/mol. The number of amides is 1. The highest BCUT2D eigenvalue weighted by molar-refractivity contribution is 6.28. The molecule has 17 heavy (non-hydrogen) atoms. The van der Waals surface area contributed by atoms with E-state index in [9.17, 15) is 4.79 Å². The Labute approximate surface area is 105 Å². The van der Waals surface area contributed by atoms with E-state index in [-0.39, 0.29) is 23.0 Å². The maximum Gasteiger partial charge on any atom is 0.229 e. The summed E-state index contributed by atoms with van der Waals surface area (Å²) < 4.78 is 0. The van der Waals surface area contributed by atoms with Crippen molar-refractivity contribution in [1.82, 2.24) is 9.97 Å². The van der Waals surface area contributed by atoms with E-state index in [1.165, 1.54) is 0 Å². The van der Waals surface area contributed by atoms with Gasteiger partial charge in [0.05, 0.1) is 11.6 Å². The summed E-state index contributed by atoms with van der Waals surface area (Å²) in [6.07, 6.45) is 0. The van der Waals surface area contributed by atoms with Crippen molar-refractivity contribution in [2.45, 2.75) is 20.8 Å². The summed E-state index contributed by atoms with van der Waals surface area (Å²) >= 11 is 5.80. The van der Waals surface area contributed by atoms with Gasteiger partial charge in [0.2, 0.25) is 11.2 Å². The molecule has 6 heteroatoms. The van der Waals surface area contributed by atoms with Crippen molar-refractivity contribution in [3.05, 3.63) is 11.0 Å². The normalized spacial score (nSPS) is 19.4. The largest absolute Gasteiger partial charge is 0.367 e. The summed E-state index contributed by atoms with van der Waals surface area (Å²) in [6, 6.07) is 0. The third kappa shape index (κ3) is 2.34. The van der Waals surface area contributed by atoms with Crippen LogP contribution < -0.4 is 10.6 Å². The maximum absolute atomic E-state index is 12.0. The fourth-order valence-corrected chi connectivity index (χ4v) is 2.08. The lowest BCUT2D eigenvalue weighted by Gasteiger charge is -2.16. The second-order valence-corrected chi connectivity index (χ2v) is 4.86. The summed E-state index contributed by atoms with van der Waals surface area (Å²) in [7, 11) is 0. The first kappa shape index (κ1) is 12.1. The predicted octanol–water partition coefficient (Wildman–Crippen LogP) is 2.07. The first-order valence-corrected chi connectivity index (χ1v) is 5.95. The number of carbonyl (C=O) groups is 1. The Morgan fingerprint density at radius 1 is 1.41 bits per heavy atom. The van der Waals surface area contributed by atoms with Gasteiger partial charge in [0.15, 0.2) is 5.82 Å². The number of carbonyl (C=O) groups excluding carboxylic acids is 1. The van der Waals surface area contributed by atoms with Gasteiger partial charge in [-0.3, -0.25) is 4.79 Å². The molecule has 1 amide bonds. The lowest BCUT2D eigenvalue weighted by atomic mass is 9.95. The van der Waals surface area contributed by atoms with Crippen molar-refractivity contribution in [2.24, 2.45) is 11.8 Å². The van der Waals surface area contributed by atoms with Crippen LogP contribution in [0, 0.1) is 18.8 Å². The van der Waals surface area contributed by atoms with Gasteiger partial charge in [0, 0.05) is 6.54 Å². The van der Waals surface area contributed by atoms with Crippen LogP contribution in [0.15, 0.2) is 0 Å². The van der Waals surface area contributed by atoms with Crippen LogP contribution in [0.2, 0.25) is 5.28 Å². The van der Waals surface area contributed by atoms with Gasteiger partial charge >= 0.3 is 0 Å². The Kier molecular flexibility index (Phi) is 3.19. The quantitative estimate of drug-likeness (QED) is 0.753. The molecule has 0 fully saturated rings. The van der Waals surface area contributed by atoms with Crippen LogP contribution >= 0.6 is 11.6 Å². The molecule has 1 aromatic heterocycles. The van der Waals surface area contributed by atoms with E-state index in [0.29, 0.717) is 23.7 Å². The van der Waals surface area contributed by atoms with Crippen molar-refractivity contribution < 1.29 is 4.79 Å². The van der Waals surface area contributed by atoms with Gasteiger partial charge in [0.1, 0.15) is 5.69 Å². The molecule has 0 aromatic carbocycles. The summed E-state index contributed by atoms with van der Waals surface area (Å²) in [4.78, 5) is 20.1. The molecule has 2 rings (SSSR count). The Morgan fingerprint density at radius 3 is 2.76 bits per heavy atom. The Hall–Kier alpha value is -1.36. The number of halogens is 1. The second kappa shape index (κ2) is 4.49. The number of hydrogen-bond acceptors (Lipinski definition) is 4. The van der Waals surface area contributed by atoms with Gasteiger partial charge in [-0.1, -0.05) is 13.8 Å². The average Bonchev–Trinajstić information content (AvgIpc) is 2.37. The molecule has 1 aromatic rings. The SMILES string of the molecule is Cc1nc(Cl)nc2c1NC(=O)C(C(C)C)CN2. The first-order valence-electron chi connectivity index (χ1n) is 5.58. The molecule has 1 atom stereocenters. The molecule has 1 unspecified atom stereocenters. The van der Waals surface area contributed by atoms with Crippen LogP contribution in [0.4, 0.5) is 11.5 Å². The van der Waals surface area contributed by atoms with Gasteiger partial charge in [-0.2, -0.15) is 4.98 Å². The van der Waals surface area contributed by atoms with Crippen LogP contribution in [0.3, 0.4) is 0 Å². The van der Waals surface area contributed by atoms with E-state index < -0.39 is 0 Å². The molecule has 2 N–H and O–H groups in total. The van der Waals surface area contributed by atoms with Crippen LogP contribution in [-0.4, -0.2) is 22.4 Å². The molecule has 5 nitrogen and oxygen atoms in total. The van der Waals surface area contributed by atoms with Crippen molar-refractivity contribution in [1.29, 1.82) is 0 Å². The number of hydrogen-bond donors (Lipinski definition) is 2. The van der Waals surface area contributed by atoms with Crippen LogP contribution in [0.1, 0.15) is 19.5 Å². The lowest BCUT2D eigenvalue weighted by Crippen LogP contribution is -2.30. The van der Waals surface area contributed by atoms with Crippen LogP contribution in [0.25, 0.3) is 0 Å². The number of nitrogens with one attached hydrogen (secondary N) is 2. The molecule has 0 bridgehead atoms. The molecule has 0 aliphatic carbocycles. The smallest absolute Gasteiger partial charge is 0.229 e. The number of aromatic nitrogens is 2. The first-order chi connectivity index (χ1) is 7.99. The topological polar surface area (TPSA) is 66.9 Å². The van der Waals surface area contributed by atoms with E-state index >= 15 is 0 Å². The highest BCUT2D eigenvalue weighted by atomic mass is 35.5. The van der Waals surface area contributed by atoms with Crippen molar-refractivity contribution in [2.75, 3.05) is 17.2 Å². The fourth-order valence-electron chi connectivity index (χ4n) is 1.87. The molecule has 92 valence electrons. The average molecular weight is 255 g/mol. The third-order valence-electron chi connectivity index (χ3n) is 2.94. The minimum atomic E-state index is -0.0811. The van der Waals surface area contributed by atoms with E-state index in [0.717, 1.165) is 0 Å². The number of aryl methyl sites for hydroxylation is 1. The Balaban J connectivity index is 2.38. The molecule has 1 aliphatic rings. The molecule has 0 saturated carbocycles. The van der Waals surface area contributed by atoms with Crippen LogP contribution in [0.5, 0.6) is 0 Å². The Bertz CT molecular complexity index is 461. The second-order valence-electron chi connectivity index (χ2n) is 4.52. The van der Waals surface area contributed by atoms with E-state index in [1.807, 2.05) is 13.8 Å². The van der Waals surface area contributed by atoms with Gasteiger partial charge in [0.25, 0.3) is 0 Å². The minimum absolute atomic E-state index is 0.000252. The van der Waals surface area contributed by atoms with Gasteiger partial charge in [-0.15, -0.1) is 0 Å². The van der Waals surface area contributed by atoms with Gasteiger partial charge < -0.3 is 10.6 Å². The monoisotopic (exact) mass is 254 g/mol. The summed E-state index contributed by atoms with van der Waals surface area (Å²) in [5.41, 5.74) is 1.30. The van der Waals surface area contributed by atoms with E-state index in [1.54, 1.807) is 6.92 Å². The standard InChI is InChI=1S/C11H15ClN4O/c1-5(2)7-4-13-9-8(15-10(7)17)6(3)14-11(12)16-9/h5,7H,4H2,1-3H3,(H,15,17)(H,13,14,16). The summed E-state index contributed by atoms with van der Waals surface area (Å²) in [5.74, 6) is 0.780. The zero-order valence-corrected chi connectivity index (χ0v) is 10.8. The van der Waals surface area contributed by atoms with Crippen molar-refractivity contribution in [3.63, 3.8) is 0 Å². The predicted molar refractivity (Wildman–Crippen MR) is 67.2 cm³/mol. The molecule has 0 saturated heterocycles. The molecule has 0 radical (unpaired) electrons.